The first-order valence-electron chi connectivity index (χ1n) is 11.7. The molecule has 0 radical (unpaired) electrons. The molecule has 0 spiro atoms. The molecule has 0 fully saturated rings. The lowest BCUT2D eigenvalue weighted by Gasteiger charge is -2.28. The minimum absolute atomic E-state index is 0.0992. The Morgan fingerprint density at radius 3 is 2.73 bits per heavy atom. The number of carbonyl (C=O) groups excluding carboxylic acids is 1. The lowest BCUT2D eigenvalue weighted by molar-refractivity contribution is 0.0869. The van der Waals surface area contributed by atoms with Gasteiger partial charge in [-0.1, -0.05) is 24.3 Å². The van der Waals surface area contributed by atoms with Crippen LogP contribution in [0.4, 0.5) is 0 Å². The van der Waals surface area contributed by atoms with Crippen molar-refractivity contribution in [3.8, 4) is 11.5 Å². The molecule has 1 atom stereocenters. The van der Waals surface area contributed by atoms with Gasteiger partial charge in [0.2, 0.25) is 0 Å². The SMILES string of the molecule is CC(C)Oc1cccc2c1O[C@@H](CCNCCCCN1C(=O)c3ccccc3S1(=O)=O)CC2. The predicted octanol–water partition coefficient (Wildman–Crippen LogP) is 3.77. The molecule has 0 saturated heterocycles. The van der Waals surface area contributed by atoms with Gasteiger partial charge in [-0.15, -0.1) is 0 Å². The molecule has 2 aliphatic rings. The largest absolute Gasteiger partial charge is 0.487 e. The summed E-state index contributed by atoms with van der Waals surface area (Å²) in [7, 11) is -3.71. The summed E-state index contributed by atoms with van der Waals surface area (Å²) in [6.07, 6.45) is 4.51. The molecular weight excluding hydrogens is 440 g/mol. The smallest absolute Gasteiger partial charge is 0.269 e. The molecule has 7 nitrogen and oxygen atoms in total. The molecule has 2 aromatic rings. The standard InChI is InChI=1S/C25H32N2O5S/c1-18(2)31-22-10-7-8-19-12-13-20(32-24(19)22)14-16-26-15-5-6-17-27-25(28)21-9-3-4-11-23(21)33(27,29)30/h3-4,7-11,18,20,26H,5-6,12-17H2,1-2H3/t20-/m1/s1. The number of nitrogens with zero attached hydrogens (tertiary/aromatic N) is 1. The molecule has 1 amide bonds. The topological polar surface area (TPSA) is 84.9 Å². The summed E-state index contributed by atoms with van der Waals surface area (Å²) in [5.74, 6) is 1.27. The van der Waals surface area contributed by atoms with Gasteiger partial charge in [0.25, 0.3) is 15.9 Å². The van der Waals surface area contributed by atoms with E-state index in [-0.39, 0.29) is 29.2 Å². The lowest BCUT2D eigenvalue weighted by Crippen LogP contribution is -2.32. The minimum Gasteiger partial charge on any atom is -0.487 e. The molecule has 0 aromatic heterocycles. The van der Waals surface area contributed by atoms with E-state index in [1.807, 2.05) is 26.0 Å². The van der Waals surface area contributed by atoms with Gasteiger partial charge in [0.05, 0.1) is 11.7 Å². The van der Waals surface area contributed by atoms with Crippen LogP contribution in [-0.4, -0.2) is 50.5 Å². The lowest BCUT2D eigenvalue weighted by atomic mass is 10.00. The predicted molar refractivity (Wildman–Crippen MR) is 126 cm³/mol. The molecule has 2 aliphatic heterocycles. The van der Waals surface area contributed by atoms with Crippen LogP contribution in [0.1, 0.15) is 55.5 Å². The maximum absolute atomic E-state index is 12.6. The number of amides is 1. The number of para-hydroxylation sites is 1. The summed E-state index contributed by atoms with van der Waals surface area (Å²) < 4.78 is 38.3. The Bertz CT molecular complexity index is 1100. The van der Waals surface area contributed by atoms with Gasteiger partial charge >= 0.3 is 0 Å². The fourth-order valence-corrected chi connectivity index (χ4v) is 5.94. The number of fused-ring (bicyclic) bond motifs is 2. The molecule has 2 aromatic carbocycles. The Balaban J connectivity index is 1.17. The van der Waals surface area contributed by atoms with E-state index in [4.69, 9.17) is 9.47 Å². The second-order valence-electron chi connectivity index (χ2n) is 8.81. The van der Waals surface area contributed by atoms with E-state index in [2.05, 4.69) is 11.4 Å². The number of ether oxygens (including phenoxy) is 2. The van der Waals surface area contributed by atoms with Crippen LogP contribution in [0, 0.1) is 0 Å². The molecule has 8 heteroatoms. The fraction of sp³-hybridized carbons (Fsp3) is 0.480. The van der Waals surface area contributed by atoms with Crippen LogP contribution in [0.25, 0.3) is 0 Å². The van der Waals surface area contributed by atoms with Crippen LogP contribution in [0.3, 0.4) is 0 Å². The number of carbonyl (C=O) groups is 1. The monoisotopic (exact) mass is 472 g/mol. The number of unbranched alkanes of at least 4 members (excludes halogenated alkanes) is 1. The Morgan fingerprint density at radius 2 is 1.94 bits per heavy atom. The van der Waals surface area contributed by atoms with Crippen LogP contribution in [0.15, 0.2) is 47.4 Å². The van der Waals surface area contributed by atoms with Crippen molar-refractivity contribution in [2.24, 2.45) is 0 Å². The summed E-state index contributed by atoms with van der Waals surface area (Å²) in [5, 5.41) is 3.41. The van der Waals surface area contributed by atoms with Gasteiger partial charge < -0.3 is 14.8 Å². The van der Waals surface area contributed by atoms with Gasteiger partial charge in [-0.2, -0.15) is 0 Å². The average molecular weight is 473 g/mol. The zero-order chi connectivity index (χ0) is 23.4. The van der Waals surface area contributed by atoms with Crippen molar-refractivity contribution in [3.63, 3.8) is 0 Å². The van der Waals surface area contributed by atoms with Gasteiger partial charge in [0, 0.05) is 6.54 Å². The van der Waals surface area contributed by atoms with Crippen molar-refractivity contribution in [1.29, 1.82) is 0 Å². The summed E-state index contributed by atoms with van der Waals surface area (Å²) in [6, 6.07) is 12.5. The van der Waals surface area contributed by atoms with Crippen LogP contribution in [0.5, 0.6) is 11.5 Å². The van der Waals surface area contributed by atoms with E-state index < -0.39 is 15.9 Å². The summed E-state index contributed by atoms with van der Waals surface area (Å²) >= 11 is 0. The second kappa shape index (κ2) is 10.1. The van der Waals surface area contributed by atoms with Gasteiger partial charge in [-0.25, -0.2) is 12.7 Å². The molecule has 4 rings (SSSR count). The van der Waals surface area contributed by atoms with Crippen LogP contribution >= 0.6 is 0 Å². The number of hydrogen-bond acceptors (Lipinski definition) is 6. The number of hydrogen-bond donors (Lipinski definition) is 1. The Labute approximate surface area is 196 Å². The van der Waals surface area contributed by atoms with E-state index in [0.29, 0.717) is 6.42 Å². The van der Waals surface area contributed by atoms with Crippen molar-refractivity contribution < 1.29 is 22.7 Å². The van der Waals surface area contributed by atoms with Crippen LogP contribution in [0.2, 0.25) is 0 Å². The highest BCUT2D eigenvalue weighted by Gasteiger charge is 2.40. The van der Waals surface area contributed by atoms with E-state index in [1.165, 1.54) is 11.6 Å². The zero-order valence-electron chi connectivity index (χ0n) is 19.2. The maximum Gasteiger partial charge on any atom is 0.269 e. The quantitative estimate of drug-likeness (QED) is 0.530. The highest BCUT2D eigenvalue weighted by atomic mass is 32.2. The van der Waals surface area contributed by atoms with Gasteiger partial charge in [0.1, 0.15) is 11.0 Å². The molecule has 0 saturated carbocycles. The second-order valence-corrected chi connectivity index (χ2v) is 10.6. The van der Waals surface area contributed by atoms with Crippen molar-refractivity contribution in [3.05, 3.63) is 53.6 Å². The molecule has 178 valence electrons. The summed E-state index contributed by atoms with van der Waals surface area (Å²) in [5.41, 5.74) is 1.47. The molecule has 2 heterocycles. The van der Waals surface area contributed by atoms with E-state index in [9.17, 15) is 13.2 Å². The maximum atomic E-state index is 12.6. The number of rotatable bonds is 10. The first-order valence-corrected chi connectivity index (χ1v) is 13.1. The molecular formula is C25H32N2O5S. The number of benzene rings is 2. The highest BCUT2D eigenvalue weighted by Crippen LogP contribution is 2.37. The third kappa shape index (κ3) is 5.17. The van der Waals surface area contributed by atoms with E-state index in [1.54, 1.807) is 18.2 Å². The minimum atomic E-state index is -3.71. The summed E-state index contributed by atoms with van der Waals surface area (Å²) in [6.45, 7) is 5.81. The highest BCUT2D eigenvalue weighted by molar-refractivity contribution is 7.90. The Morgan fingerprint density at radius 1 is 1.12 bits per heavy atom. The molecule has 0 unspecified atom stereocenters. The third-order valence-electron chi connectivity index (χ3n) is 5.96. The van der Waals surface area contributed by atoms with Crippen molar-refractivity contribution in [2.45, 2.75) is 63.1 Å². The van der Waals surface area contributed by atoms with Gasteiger partial charge in [-0.05, 0) is 82.8 Å². The van der Waals surface area contributed by atoms with E-state index >= 15 is 0 Å². The van der Waals surface area contributed by atoms with Gasteiger partial charge in [0.15, 0.2) is 11.5 Å². The molecule has 0 aliphatic carbocycles. The van der Waals surface area contributed by atoms with Crippen LogP contribution in [-0.2, 0) is 16.4 Å². The Hall–Kier alpha value is -2.58. The normalized spacial score (nSPS) is 18.7. The van der Waals surface area contributed by atoms with Gasteiger partial charge in [-0.3, -0.25) is 4.79 Å². The van der Waals surface area contributed by atoms with Crippen molar-refractivity contribution in [1.82, 2.24) is 9.62 Å². The number of sulfonamides is 1. The molecule has 1 N–H and O–H groups in total. The van der Waals surface area contributed by atoms with Crippen LogP contribution < -0.4 is 14.8 Å². The van der Waals surface area contributed by atoms with Crippen molar-refractivity contribution in [2.75, 3.05) is 19.6 Å². The third-order valence-corrected chi connectivity index (χ3v) is 7.80. The first kappa shape index (κ1) is 23.6. The van der Waals surface area contributed by atoms with Crippen molar-refractivity contribution >= 4 is 15.9 Å². The number of nitrogens with one attached hydrogen (secondary N) is 1. The van der Waals surface area contributed by atoms with E-state index in [0.717, 1.165) is 54.6 Å². The summed E-state index contributed by atoms with van der Waals surface area (Å²) in [4.78, 5) is 12.5. The Kier molecular flexibility index (Phi) is 7.24. The zero-order valence-corrected chi connectivity index (χ0v) is 20.1. The molecule has 0 bridgehead atoms. The number of aryl methyl sites for hydroxylation is 1. The fourth-order valence-electron chi connectivity index (χ4n) is 4.33. The molecule has 33 heavy (non-hydrogen) atoms. The average Bonchev–Trinajstić information content (AvgIpc) is 2.99. The first-order chi connectivity index (χ1) is 15.9.